The number of aromatic nitrogens is 3. The van der Waals surface area contributed by atoms with E-state index in [1.165, 1.54) is 4.80 Å². The largest absolute Gasteiger partial charge is 0.505 e. The summed E-state index contributed by atoms with van der Waals surface area (Å²) >= 11 is 0. The van der Waals surface area contributed by atoms with E-state index in [9.17, 15) is 10.0 Å². The number of fused-ring (bicyclic) bond motifs is 2. The molecule has 262 valence electrons. The molecule has 2 N–H and O–H groups in total. The Hall–Kier alpha value is -4.63. The van der Waals surface area contributed by atoms with Crippen LogP contribution in [0.4, 0.5) is 11.4 Å². The Morgan fingerprint density at radius 3 is 1.88 bits per heavy atom. The van der Waals surface area contributed by atoms with Crippen LogP contribution in [0.15, 0.2) is 83.1 Å². The molecule has 1 aliphatic carbocycles. The summed E-state index contributed by atoms with van der Waals surface area (Å²) in [6.07, 6.45) is 10.0. The Balaban J connectivity index is 1.54. The minimum absolute atomic E-state index is 0.0580. The van der Waals surface area contributed by atoms with E-state index in [1.54, 1.807) is 5.12 Å². The Morgan fingerprint density at radius 1 is 0.780 bits per heavy atom. The van der Waals surface area contributed by atoms with Gasteiger partial charge in [0.15, 0.2) is 0 Å². The van der Waals surface area contributed by atoms with Crippen LogP contribution in [0.3, 0.4) is 0 Å². The van der Waals surface area contributed by atoms with Crippen molar-refractivity contribution in [2.75, 3.05) is 5.12 Å². The molecule has 0 spiro atoms. The van der Waals surface area contributed by atoms with Gasteiger partial charge in [0.2, 0.25) is 0 Å². The number of benzene rings is 3. The number of phenolic OH excluding ortho intramolecular Hbond substituents is 1. The van der Waals surface area contributed by atoms with Crippen molar-refractivity contribution in [3.8, 4) is 11.4 Å². The maximum absolute atomic E-state index is 12.9. The van der Waals surface area contributed by atoms with Crippen LogP contribution in [0.25, 0.3) is 16.7 Å². The fourth-order valence-electron chi connectivity index (χ4n) is 7.99. The summed E-state index contributed by atoms with van der Waals surface area (Å²) in [5.74, 6) is 0.0687. The van der Waals surface area contributed by atoms with Gasteiger partial charge >= 0.3 is 0 Å². The van der Waals surface area contributed by atoms with Crippen molar-refractivity contribution >= 4 is 28.1 Å². The standard InChI is InChI=1S/C41H51N7O2/c1-38(2,3)24-40(7,8)28-20-26(36(46-50)34(22-28)47-42-30-15-11-12-16-31(30)43-47)19-27-21-29(41(9,10)25-39(4,5)6)23-35(37(27)49)48-44-32-17-13-14-18-33(32)45-48/h11-18,20-23,30,42,49H,19,24-25H2,1-10H3. The van der Waals surface area contributed by atoms with Gasteiger partial charge in [-0.2, -0.15) is 15.6 Å². The highest BCUT2D eigenvalue weighted by atomic mass is 16.3. The predicted octanol–water partition coefficient (Wildman–Crippen LogP) is 9.72. The highest BCUT2D eigenvalue weighted by molar-refractivity contribution is 6.04. The summed E-state index contributed by atoms with van der Waals surface area (Å²) in [5, 5.41) is 31.7. The third kappa shape index (κ3) is 7.29. The molecule has 1 aromatic heterocycles. The first-order valence-electron chi connectivity index (χ1n) is 17.5. The second-order valence-corrected chi connectivity index (χ2v) is 17.7. The first kappa shape index (κ1) is 35.2. The third-order valence-corrected chi connectivity index (χ3v) is 9.52. The Bertz CT molecular complexity index is 2000. The normalized spacial score (nSPS) is 16.6. The van der Waals surface area contributed by atoms with Gasteiger partial charge in [-0.1, -0.05) is 112 Å². The second-order valence-electron chi connectivity index (χ2n) is 17.7. The molecule has 0 saturated heterocycles. The summed E-state index contributed by atoms with van der Waals surface area (Å²) in [6.45, 7) is 22.4. The van der Waals surface area contributed by atoms with Gasteiger partial charge in [0.05, 0.1) is 11.8 Å². The van der Waals surface area contributed by atoms with Crippen molar-refractivity contribution in [1.82, 2.24) is 20.4 Å². The molecule has 0 radical (unpaired) electrons. The van der Waals surface area contributed by atoms with Gasteiger partial charge in [0.1, 0.15) is 33.8 Å². The summed E-state index contributed by atoms with van der Waals surface area (Å²) in [7, 11) is 0. The van der Waals surface area contributed by atoms with Crippen molar-refractivity contribution in [2.24, 2.45) is 21.1 Å². The number of phenols is 1. The average molecular weight is 674 g/mol. The summed E-state index contributed by atoms with van der Waals surface area (Å²) < 4.78 is 0. The van der Waals surface area contributed by atoms with E-state index < -0.39 is 0 Å². The Morgan fingerprint density at radius 2 is 1.34 bits per heavy atom. The molecule has 50 heavy (non-hydrogen) atoms. The fraction of sp³-hybridized carbons (Fsp3) is 0.439. The van der Waals surface area contributed by atoms with Gasteiger partial charge in [0.25, 0.3) is 0 Å². The van der Waals surface area contributed by atoms with Crippen LogP contribution in [0.2, 0.25) is 0 Å². The van der Waals surface area contributed by atoms with Gasteiger partial charge < -0.3 is 5.11 Å². The zero-order valence-electron chi connectivity index (χ0n) is 31.2. The van der Waals surface area contributed by atoms with Gasteiger partial charge in [-0.15, -0.1) is 19.9 Å². The van der Waals surface area contributed by atoms with E-state index in [-0.39, 0.29) is 45.6 Å². The first-order valence-corrected chi connectivity index (χ1v) is 17.5. The molecule has 2 aliphatic rings. The Labute approximate surface area is 296 Å². The third-order valence-electron chi connectivity index (χ3n) is 9.52. The molecule has 0 bridgehead atoms. The molecule has 1 unspecified atom stereocenters. The molecule has 9 nitrogen and oxygen atoms in total. The number of nitrogens with one attached hydrogen (secondary N) is 1. The van der Waals surface area contributed by atoms with Gasteiger partial charge in [-0.25, -0.2) is 0 Å². The maximum Gasteiger partial charge on any atom is 0.146 e. The highest BCUT2D eigenvalue weighted by Gasteiger charge is 2.34. The quantitative estimate of drug-likeness (QED) is 0.171. The van der Waals surface area contributed by atoms with E-state index >= 15 is 0 Å². The molecule has 4 aromatic rings. The van der Waals surface area contributed by atoms with E-state index in [4.69, 9.17) is 15.3 Å². The number of allylic oxidation sites excluding steroid dienone is 2. The maximum atomic E-state index is 12.9. The lowest BCUT2D eigenvalue weighted by atomic mass is 9.71. The van der Waals surface area contributed by atoms with Gasteiger partial charge in [0, 0.05) is 12.0 Å². The first-order chi connectivity index (χ1) is 23.3. The molecule has 0 fully saturated rings. The number of rotatable bonds is 9. The van der Waals surface area contributed by atoms with Crippen molar-refractivity contribution < 1.29 is 5.11 Å². The van der Waals surface area contributed by atoms with Crippen LogP contribution in [0.5, 0.6) is 5.75 Å². The molecule has 0 amide bonds. The smallest absolute Gasteiger partial charge is 0.146 e. The zero-order chi connectivity index (χ0) is 36.2. The van der Waals surface area contributed by atoms with Gasteiger partial charge in [-0.3, -0.25) is 0 Å². The topological polar surface area (TPSA) is 108 Å². The Kier molecular flexibility index (Phi) is 8.88. The zero-order valence-corrected chi connectivity index (χ0v) is 31.2. The molecule has 6 rings (SSSR count). The highest BCUT2D eigenvalue weighted by Crippen LogP contribution is 2.45. The molecule has 2 heterocycles. The molecule has 3 aromatic carbocycles. The summed E-state index contributed by atoms with van der Waals surface area (Å²) in [6, 6.07) is 15.8. The van der Waals surface area contributed by atoms with E-state index in [2.05, 4.69) is 92.0 Å². The number of hydrogen-bond acceptors (Lipinski definition) is 8. The van der Waals surface area contributed by atoms with Crippen molar-refractivity contribution in [2.45, 2.75) is 105 Å². The SMILES string of the molecule is CC(C)(C)CC(C)(C)c1cc(Cc2cc(C(C)(C)CC(C)(C)C)cc(-n3nc4ccccc4n3)c2O)c(N=O)c(N2N=C3C=CC=CC3N2)c1. The molecule has 1 atom stereocenters. The molecular formula is C41H51N7O2. The number of nitroso groups, excluding NO2 is 1. The second kappa shape index (κ2) is 12.6. The lowest BCUT2D eigenvalue weighted by Crippen LogP contribution is -2.37. The predicted molar refractivity (Wildman–Crippen MR) is 205 cm³/mol. The minimum atomic E-state index is -0.248. The fourth-order valence-corrected chi connectivity index (χ4v) is 7.99. The van der Waals surface area contributed by atoms with Crippen LogP contribution in [0, 0.1) is 15.7 Å². The number of hydrazine groups is 1. The summed E-state index contributed by atoms with van der Waals surface area (Å²) in [5.41, 5.74) is 10.3. The molecular weight excluding hydrogens is 622 g/mol. The number of hydrazone groups is 1. The van der Waals surface area contributed by atoms with Crippen molar-refractivity contribution in [3.63, 3.8) is 0 Å². The number of hydrogen-bond donors (Lipinski definition) is 2. The van der Waals surface area contributed by atoms with Crippen LogP contribution < -0.4 is 10.5 Å². The van der Waals surface area contributed by atoms with Crippen LogP contribution in [0.1, 0.15) is 104 Å². The lowest BCUT2D eigenvalue weighted by molar-refractivity contribution is 0.283. The average Bonchev–Trinajstić information content (AvgIpc) is 3.64. The molecule has 9 heteroatoms. The van der Waals surface area contributed by atoms with E-state index in [0.717, 1.165) is 40.7 Å². The van der Waals surface area contributed by atoms with Crippen molar-refractivity contribution in [1.29, 1.82) is 0 Å². The minimum Gasteiger partial charge on any atom is -0.505 e. The molecule has 0 saturated carbocycles. The van der Waals surface area contributed by atoms with Crippen molar-refractivity contribution in [3.05, 3.63) is 100.0 Å². The van der Waals surface area contributed by atoms with E-state index in [1.807, 2.05) is 60.7 Å². The van der Waals surface area contributed by atoms with E-state index in [0.29, 0.717) is 22.5 Å². The molecule has 1 aliphatic heterocycles. The van der Waals surface area contributed by atoms with Crippen LogP contribution in [-0.2, 0) is 17.3 Å². The lowest BCUT2D eigenvalue weighted by Gasteiger charge is -2.34. The number of nitrogens with zero attached hydrogens (tertiary/aromatic N) is 6. The summed E-state index contributed by atoms with van der Waals surface area (Å²) in [4.78, 5) is 14.4. The number of anilines is 1. The van der Waals surface area contributed by atoms with Crippen LogP contribution in [-0.4, -0.2) is 31.9 Å². The monoisotopic (exact) mass is 673 g/mol. The van der Waals surface area contributed by atoms with Gasteiger partial charge in [-0.05, 0) is 86.7 Å². The number of aromatic hydroxyl groups is 1. The van der Waals surface area contributed by atoms with Crippen LogP contribution >= 0.6 is 0 Å².